The fourth-order valence-corrected chi connectivity index (χ4v) is 1.94. The summed E-state index contributed by atoms with van der Waals surface area (Å²) in [4.78, 5) is 39.4. The predicted molar refractivity (Wildman–Crippen MR) is 92.2 cm³/mol. The van der Waals surface area contributed by atoms with Crippen LogP contribution in [0.1, 0.15) is 17.3 Å². The van der Waals surface area contributed by atoms with Gasteiger partial charge in [0, 0.05) is 11.8 Å². The molecule has 26 heavy (non-hydrogen) atoms. The molecule has 0 unspecified atom stereocenters. The van der Waals surface area contributed by atoms with E-state index in [0.29, 0.717) is 5.02 Å². The van der Waals surface area contributed by atoms with Crippen molar-refractivity contribution >= 4 is 35.2 Å². The maximum absolute atomic E-state index is 12.8. The van der Waals surface area contributed by atoms with Gasteiger partial charge in [-0.25, -0.2) is 9.37 Å². The molecule has 1 atom stereocenters. The Morgan fingerprint density at radius 1 is 1.19 bits per heavy atom. The minimum atomic E-state index is -1.09. The Bertz CT molecular complexity index is 797. The molecular weight excluding hydrogens is 365 g/mol. The van der Waals surface area contributed by atoms with Crippen molar-refractivity contribution in [1.29, 1.82) is 0 Å². The standard InChI is InChI=1S/C17H15ClFN3O4/c1-10(16(24)22-14-7-4-12(18)8-20-14)26-15(23)9-21-17(25)11-2-5-13(19)6-3-11/h2-8,10H,9H2,1H3,(H,21,25)(H,20,22,24)/t10-/m1/s1. The second kappa shape index (κ2) is 8.91. The minimum absolute atomic E-state index is 0.193. The zero-order chi connectivity index (χ0) is 19.1. The molecule has 2 amide bonds. The van der Waals surface area contributed by atoms with Gasteiger partial charge in [0.1, 0.15) is 18.2 Å². The number of amides is 2. The van der Waals surface area contributed by atoms with E-state index in [1.807, 2.05) is 0 Å². The zero-order valence-electron chi connectivity index (χ0n) is 13.7. The van der Waals surface area contributed by atoms with Crippen molar-refractivity contribution < 1.29 is 23.5 Å². The molecule has 0 aliphatic carbocycles. The molecule has 0 fully saturated rings. The number of carbonyl (C=O) groups is 3. The van der Waals surface area contributed by atoms with E-state index in [1.54, 1.807) is 6.07 Å². The molecule has 1 aromatic heterocycles. The Labute approximate surface area is 153 Å². The fraction of sp³-hybridized carbons (Fsp3) is 0.176. The van der Waals surface area contributed by atoms with Crippen LogP contribution in [0.15, 0.2) is 42.6 Å². The van der Waals surface area contributed by atoms with Crippen LogP contribution in [0.5, 0.6) is 0 Å². The average Bonchev–Trinajstić information content (AvgIpc) is 2.62. The van der Waals surface area contributed by atoms with Crippen LogP contribution in [0, 0.1) is 5.82 Å². The van der Waals surface area contributed by atoms with Crippen LogP contribution in [0.3, 0.4) is 0 Å². The van der Waals surface area contributed by atoms with Crippen molar-refractivity contribution in [1.82, 2.24) is 10.3 Å². The number of aromatic nitrogens is 1. The number of anilines is 1. The van der Waals surface area contributed by atoms with Gasteiger partial charge in [-0.3, -0.25) is 14.4 Å². The van der Waals surface area contributed by atoms with Gasteiger partial charge in [-0.05, 0) is 43.3 Å². The second-order valence-electron chi connectivity index (χ2n) is 5.17. The van der Waals surface area contributed by atoms with E-state index in [-0.39, 0.29) is 11.4 Å². The van der Waals surface area contributed by atoms with Gasteiger partial charge in [-0.2, -0.15) is 0 Å². The quantitative estimate of drug-likeness (QED) is 0.750. The van der Waals surface area contributed by atoms with Crippen LogP contribution >= 0.6 is 11.6 Å². The molecule has 0 saturated carbocycles. The van der Waals surface area contributed by atoms with E-state index in [0.717, 1.165) is 12.1 Å². The smallest absolute Gasteiger partial charge is 0.326 e. The van der Waals surface area contributed by atoms with Gasteiger partial charge >= 0.3 is 5.97 Å². The molecule has 9 heteroatoms. The van der Waals surface area contributed by atoms with Gasteiger partial charge in [0.05, 0.1) is 5.02 Å². The summed E-state index contributed by atoms with van der Waals surface area (Å²) in [5.74, 6) is -2.17. The Hall–Kier alpha value is -3.00. The second-order valence-corrected chi connectivity index (χ2v) is 5.61. The van der Waals surface area contributed by atoms with E-state index in [4.69, 9.17) is 16.3 Å². The largest absolute Gasteiger partial charge is 0.451 e. The van der Waals surface area contributed by atoms with Crippen molar-refractivity contribution in [3.05, 3.63) is 59.0 Å². The Kier molecular flexibility index (Phi) is 6.62. The summed E-state index contributed by atoms with van der Waals surface area (Å²) in [5, 5.41) is 5.20. The summed E-state index contributed by atoms with van der Waals surface area (Å²) >= 11 is 5.69. The van der Waals surface area contributed by atoms with Gasteiger partial charge in [0.25, 0.3) is 11.8 Å². The highest BCUT2D eigenvalue weighted by Crippen LogP contribution is 2.10. The lowest BCUT2D eigenvalue weighted by atomic mass is 10.2. The molecule has 136 valence electrons. The molecule has 0 aliphatic rings. The minimum Gasteiger partial charge on any atom is -0.451 e. The Morgan fingerprint density at radius 3 is 2.50 bits per heavy atom. The number of benzene rings is 1. The van der Waals surface area contributed by atoms with Crippen LogP contribution in [0.2, 0.25) is 5.02 Å². The van der Waals surface area contributed by atoms with E-state index in [9.17, 15) is 18.8 Å². The number of halogens is 2. The molecule has 2 N–H and O–H groups in total. The van der Waals surface area contributed by atoms with Gasteiger partial charge in [-0.15, -0.1) is 0 Å². The highest BCUT2D eigenvalue weighted by molar-refractivity contribution is 6.30. The normalized spacial score (nSPS) is 11.3. The highest BCUT2D eigenvalue weighted by atomic mass is 35.5. The summed E-state index contributed by atoms with van der Waals surface area (Å²) in [6, 6.07) is 7.87. The number of nitrogens with zero attached hydrogens (tertiary/aromatic N) is 1. The van der Waals surface area contributed by atoms with Gasteiger partial charge in [0.15, 0.2) is 6.10 Å². The van der Waals surface area contributed by atoms with Crippen molar-refractivity contribution in [3.8, 4) is 0 Å². The molecule has 0 saturated heterocycles. The number of esters is 1. The van der Waals surface area contributed by atoms with E-state index >= 15 is 0 Å². The first-order chi connectivity index (χ1) is 12.3. The molecule has 2 rings (SSSR count). The Balaban J connectivity index is 1.79. The van der Waals surface area contributed by atoms with Crippen LogP contribution in [0.25, 0.3) is 0 Å². The number of nitrogens with one attached hydrogen (secondary N) is 2. The monoisotopic (exact) mass is 379 g/mol. The lowest BCUT2D eigenvalue weighted by molar-refractivity contribution is -0.152. The lowest BCUT2D eigenvalue weighted by Gasteiger charge is -2.13. The van der Waals surface area contributed by atoms with E-state index < -0.39 is 36.2 Å². The summed E-state index contributed by atoms with van der Waals surface area (Å²) < 4.78 is 17.7. The van der Waals surface area contributed by atoms with Crippen LogP contribution in [0.4, 0.5) is 10.2 Å². The van der Waals surface area contributed by atoms with Gasteiger partial charge in [0.2, 0.25) is 0 Å². The third-order valence-corrected chi connectivity index (χ3v) is 3.38. The highest BCUT2D eigenvalue weighted by Gasteiger charge is 2.19. The summed E-state index contributed by atoms with van der Waals surface area (Å²) in [6.07, 6.45) is 0.265. The lowest BCUT2D eigenvalue weighted by Crippen LogP contribution is -2.36. The molecule has 0 spiro atoms. The number of carbonyl (C=O) groups excluding carboxylic acids is 3. The number of pyridine rings is 1. The van der Waals surface area contributed by atoms with Gasteiger partial charge < -0.3 is 15.4 Å². The molecule has 0 bridgehead atoms. The number of hydrogen-bond acceptors (Lipinski definition) is 5. The topological polar surface area (TPSA) is 97.4 Å². The molecule has 2 aromatic rings. The van der Waals surface area contributed by atoms with Crippen molar-refractivity contribution in [3.63, 3.8) is 0 Å². The third-order valence-electron chi connectivity index (χ3n) is 3.16. The summed E-state index contributed by atoms with van der Waals surface area (Å²) in [7, 11) is 0. The number of hydrogen-bond donors (Lipinski definition) is 2. The molecule has 1 heterocycles. The Morgan fingerprint density at radius 2 is 1.88 bits per heavy atom. The zero-order valence-corrected chi connectivity index (χ0v) is 14.4. The first-order valence-electron chi connectivity index (χ1n) is 7.51. The third kappa shape index (κ3) is 5.82. The molecule has 0 radical (unpaired) electrons. The van der Waals surface area contributed by atoms with Gasteiger partial charge in [-0.1, -0.05) is 11.6 Å². The molecule has 1 aromatic carbocycles. The van der Waals surface area contributed by atoms with Crippen molar-refractivity contribution in [2.24, 2.45) is 0 Å². The SMILES string of the molecule is C[C@@H](OC(=O)CNC(=O)c1ccc(F)cc1)C(=O)Nc1ccc(Cl)cn1. The predicted octanol–water partition coefficient (Wildman–Crippen LogP) is 2.17. The molecule has 0 aliphatic heterocycles. The summed E-state index contributed by atoms with van der Waals surface area (Å²) in [5.41, 5.74) is 0.193. The molecular formula is C17H15ClFN3O4. The number of rotatable bonds is 6. The summed E-state index contributed by atoms with van der Waals surface area (Å²) in [6.45, 7) is 0.942. The van der Waals surface area contributed by atoms with Crippen molar-refractivity contribution in [2.75, 3.05) is 11.9 Å². The molecule has 7 nitrogen and oxygen atoms in total. The van der Waals surface area contributed by atoms with Crippen LogP contribution < -0.4 is 10.6 Å². The maximum atomic E-state index is 12.8. The fourth-order valence-electron chi connectivity index (χ4n) is 1.83. The van der Waals surface area contributed by atoms with Crippen LogP contribution in [-0.4, -0.2) is 35.4 Å². The average molecular weight is 380 g/mol. The first-order valence-corrected chi connectivity index (χ1v) is 7.88. The first kappa shape index (κ1) is 19.3. The van der Waals surface area contributed by atoms with E-state index in [1.165, 1.54) is 31.3 Å². The number of ether oxygens (including phenoxy) is 1. The van der Waals surface area contributed by atoms with Crippen molar-refractivity contribution in [2.45, 2.75) is 13.0 Å². The maximum Gasteiger partial charge on any atom is 0.326 e. The van der Waals surface area contributed by atoms with E-state index in [2.05, 4.69) is 15.6 Å². The van der Waals surface area contributed by atoms with Crippen LogP contribution in [-0.2, 0) is 14.3 Å².